The Bertz CT molecular complexity index is 2050. The lowest BCUT2D eigenvalue weighted by atomic mass is 9.72. The number of nitrogens with one attached hydrogen (secondary N) is 2. The third-order valence-corrected chi connectivity index (χ3v) is 12.2. The van der Waals surface area contributed by atoms with Crippen molar-refractivity contribution in [1.82, 2.24) is 20.1 Å². The predicted molar refractivity (Wildman–Crippen MR) is 217 cm³/mol. The van der Waals surface area contributed by atoms with Crippen molar-refractivity contribution in [1.29, 1.82) is 0 Å². The summed E-state index contributed by atoms with van der Waals surface area (Å²) in [5, 5.41) is 4.03. The number of fused-ring (bicyclic) bond motifs is 5. The molecule has 1 aromatic heterocycles. The van der Waals surface area contributed by atoms with Crippen molar-refractivity contribution >= 4 is 22.9 Å². The van der Waals surface area contributed by atoms with Crippen LogP contribution in [0.4, 0.5) is 4.79 Å². The molecule has 11 nitrogen and oxygen atoms in total. The number of amides is 2. The number of alkyl carbamates (subject to hydrolysis) is 1. The molecule has 2 N–H and O–H groups in total. The molecule has 0 spiro atoms. The minimum absolute atomic E-state index is 0.128. The van der Waals surface area contributed by atoms with Crippen LogP contribution in [-0.4, -0.2) is 86.5 Å². The quantitative estimate of drug-likeness (QED) is 0.159. The van der Waals surface area contributed by atoms with Gasteiger partial charge in [0.1, 0.15) is 11.6 Å². The van der Waals surface area contributed by atoms with Gasteiger partial charge in [0.2, 0.25) is 5.91 Å². The van der Waals surface area contributed by atoms with Crippen LogP contribution in [0.2, 0.25) is 0 Å². The first-order chi connectivity index (χ1) is 26.9. The van der Waals surface area contributed by atoms with Crippen molar-refractivity contribution in [2.75, 3.05) is 48.1 Å². The van der Waals surface area contributed by atoms with E-state index in [0.717, 1.165) is 77.9 Å². The molecule has 0 unspecified atom stereocenters. The fraction of sp³-hybridized carbons (Fsp3) is 0.511. The maximum absolute atomic E-state index is 15.2. The van der Waals surface area contributed by atoms with Crippen LogP contribution in [0.25, 0.3) is 10.9 Å². The van der Waals surface area contributed by atoms with E-state index in [0.29, 0.717) is 42.7 Å². The van der Waals surface area contributed by atoms with Gasteiger partial charge in [0.15, 0.2) is 23.0 Å². The van der Waals surface area contributed by atoms with Gasteiger partial charge in [0.05, 0.1) is 34.5 Å². The average Bonchev–Trinajstić information content (AvgIpc) is 3.60. The molecule has 0 radical (unpaired) electrons. The summed E-state index contributed by atoms with van der Waals surface area (Å²) in [5.41, 5.74) is 6.04. The molecule has 300 valence electrons. The number of carbonyl (C=O) groups is 2. The fourth-order valence-corrected chi connectivity index (χ4v) is 9.46. The predicted octanol–water partition coefficient (Wildman–Crippen LogP) is 7.80. The van der Waals surface area contributed by atoms with Crippen molar-refractivity contribution in [2.45, 2.75) is 89.9 Å². The number of ether oxygens (including phenoxy) is 5. The number of piperidine rings is 1. The third kappa shape index (κ3) is 7.88. The van der Waals surface area contributed by atoms with Crippen LogP contribution in [-0.2, 0) is 28.8 Å². The van der Waals surface area contributed by atoms with Gasteiger partial charge in [0, 0.05) is 49.2 Å². The minimum Gasteiger partial charge on any atom is -0.493 e. The van der Waals surface area contributed by atoms with E-state index in [9.17, 15) is 4.79 Å². The second-order valence-corrected chi connectivity index (χ2v) is 16.5. The molecule has 7 rings (SSSR count). The molecule has 2 amide bonds. The van der Waals surface area contributed by atoms with Gasteiger partial charge in [-0.15, -0.1) is 0 Å². The number of benzene rings is 3. The summed E-state index contributed by atoms with van der Waals surface area (Å²) in [6.45, 7) is 10.3. The normalized spacial score (nSPS) is 21.3. The number of aromatic amines is 1. The number of carbonyl (C=O) groups excluding carboxylic acids is 2. The number of nitrogens with zero attached hydrogens (tertiary/aromatic N) is 2. The van der Waals surface area contributed by atoms with Crippen LogP contribution in [0.1, 0.15) is 86.9 Å². The summed E-state index contributed by atoms with van der Waals surface area (Å²) in [5.74, 6) is 3.45. The minimum atomic E-state index is -0.857. The van der Waals surface area contributed by atoms with Crippen molar-refractivity contribution < 1.29 is 33.3 Å². The van der Waals surface area contributed by atoms with Crippen molar-refractivity contribution in [3.63, 3.8) is 0 Å². The van der Waals surface area contributed by atoms with Gasteiger partial charge in [-0.05, 0) is 116 Å². The molecule has 5 atom stereocenters. The maximum Gasteiger partial charge on any atom is 0.408 e. The molecule has 11 heteroatoms. The fourth-order valence-electron chi connectivity index (χ4n) is 9.46. The van der Waals surface area contributed by atoms with E-state index in [2.05, 4.69) is 46.4 Å². The van der Waals surface area contributed by atoms with E-state index >= 15 is 4.79 Å². The van der Waals surface area contributed by atoms with Gasteiger partial charge in [0.25, 0.3) is 0 Å². The monoisotopic (exact) mass is 766 g/mol. The molecule has 3 aliphatic heterocycles. The van der Waals surface area contributed by atoms with Gasteiger partial charge in [-0.1, -0.05) is 31.5 Å². The van der Waals surface area contributed by atoms with E-state index in [1.165, 1.54) is 11.1 Å². The van der Waals surface area contributed by atoms with E-state index in [1.807, 2.05) is 56.1 Å². The SMILES string of the molecule is CC[C@H]1CN2CCc3cc(OC)c(OC)cc3[C@H]2C[C@@H]1C[C@H]1c2cc(OC)c(OC)cc2CCN1C(=O)[C@@H](Cc1c[nH]c2ccccc12)NC(=O)OC(C)(C)C. The summed E-state index contributed by atoms with van der Waals surface area (Å²) >= 11 is 0. The Morgan fingerprint density at radius 3 is 2.14 bits per heavy atom. The van der Waals surface area contributed by atoms with Gasteiger partial charge < -0.3 is 38.9 Å². The number of rotatable bonds is 11. The van der Waals surface area contributed by atoms with Crippen LogP contribution in [0.5, 0.6) is 23.0 Å². The number of hydrogen-bond acceptors (Lipinski definition) is 8. The molecule has 3 aromatic carbocycles. The summed E-state index contributed by atoms with van der Waals surface area (Å²) in [6.07, 6.45) is 6.02. The molecular weight excluding hydrogens is 709 g/mol. The Labute approximate surface area is 331 Å². The van der Waals surface area contributed by atoms with Crippen LogP contribution >= 0.6 is 0 Å². The van der Waals surface area contributed by atoms with E-state index in [4.69, 9.17) is 23.7 Å². The number of para-hydroxylation sites is 1. The molecule has 1 fully saturated rings. The molecular formula is C45H58N4O7. The van der Waals surface area contributed by atoms with Crippen LogP contribution < -0.4 is 24.3 Å². The molecule has 56 heavy (non-hydrogen) atoms. The molecule has 1 saturated heterocycles. The van der Waals surface area contributed by atoms with Gasteiger partial charge in [-0.3, -0.25) is 9.69 Å². The smallest absolute Gasteiger partial charge is 0.408 e. The topological polar surface area (TPSA) is 115 Å². The molecule has 4 aromatic rings. The summed E-state index contributed by atoms with van der Waals surface area (Å²) in [7, 11) is 6.69. The Balaban J connectivity index is 1.26. The average molecular weight is 767 g/mol. The van der Waals surface area contributed by atoms with E-state index in [1.54, 1.807) is 28.4 Å². The molecule has 0 aliphatic carbocycles. The molecule has 3 aliphatic rings. The highest BCUT2D eigenvalue weighted by atomic mass is 16.6. The number of methoxy groups -OCH3 is 4. The number of hydrogen-bond donors (Lipinski definition) is 2. The lowest BCUT2D eigenvalue weighted by Gasteiger charge is -2.49. The Morgan fingerprint density at radius 2 is 1.48 bits per heavy atom. The summed E-state index contributed by atoms with van der Waals surface area (Å²) < 4.78 is 28.8. The molecule has 0 bridgehead atoms. The van der Waals surface area contributed by atoms with E-state index in [-0.39, 0.29) is 18.0 Å². The first-order valence-corrected chi connectivity index (χ1v) is 20.0. The summed E-state index contributed by atoms with van der Waals surface area (Å²) in [4.78, 5) is 36.7. The zero-order valence-corrected chi connectivity index (χ0v) is 34.2. The maximum atomic E-state index is 15.2. The Morgan fingerprint density at radius 1 is 0.857 bits per heavy atom. The van der Waals surface area contributed by atoms with Crippen LogP contribution in [0.3, 0.4) is 0 Å². The zero-order valence-electron chi connectivity index (χ0n) is 34.2. The molecule has 0 saturated carbocycles. The Hall–Kier alpha value is -4.90. The lowest BCUT2D eigenvalue weighted by Crippen LogP contribution is -2.53. The van der Waals surface area contributed by atoms with Crippen LogP contribution in [0, 0.1) is 11.8 Å². The Kier molecular flexibility index (Phi) is 11.4. The zero-order chi connectivity index (χ0) is 39.7. The number of H-pyrrole nitrogens is 1. The first-order valence-electron chi connectivity index (χ1n) is 20.0. The highest BCUT2D eigenvalue weighted by Gasteiger charge is 2.43. The van der Waals surface area contributed by atoms with Gasteiger partial charge in [-0.25, -0.2) is 4.79 Å². The first kappa shape index (κ1) is 39.3. The van der Waals surface area contributed by atoms with Gasteiger partial charge in [-0.2, -0.15) is 0 Å². The highest BCUT2D eigenvalue weighted by Crippen LogP contribution is 2.49. The van der Waals surface area contributed by atoms with Crippen molar-refractivity contribution in [3.05, 3.63) is 82.5 Å². The molecule has 4 heterocycles. The van der Waals surface area contributed by atoms with Crippen molar-refractivity contribution in [3.8, 4) is 23.0 Å². The van der Waals surface area contributed by atoms with Crippen molar-refractivity contribution in [2.24, 2.45) is 11.8 Å². The second kappa shape index (κ2) is 16.3. The largest absolute Gasteiger partial charge is 0.493 e. The van der Waals surface area contributed by atoms with Gasteiger partial charge >= 0.3 is 6.09 Å². The standard InChI is InChI=1S/C45H58N4O7/c1-9-27-26-48-16-14-28-21-39(52-5)41(54-7)23-33(28)37(48)19-30(27)20-38-34-24-42(55-8)40(53-6)22-29(34)15-17-49(38)43(50)36(47-44(51)56-45(2,3)4)18-31-25-46-35-13-11-10-12-32(31)35/h10-13,21-25,27,30,36-38,46H,9,14-20,26H2,1-8H3,(H,47,51)/t27-,30+,36+,37+,38-/m0/s1. The van der Waals surface area contributed by atoms with E-state index < -0.39 is 17.7 Å². The third-order valence-electron chi connectivity index (χ3n) is 12.2. The number of aromatic nitrogens is 1. The van der Waals surface area contributed by atoms with Crippen LogP contribution in [0.15, 0.2) is 54.7 Å². The lowest BCUT2D eigenvalue weighted by molar-refractivity contribution is -0.137. The second-order valence-electron chi connectivity index (χ2n) is 16.5. The summed E-state index contributed by atoms with van der Waals surface area (Å²) in [6, 6.07) is 15.6. The highest BCUT2D eigenvalue weighted by molar-refractivity contribution is 5.89.